The molecule has 0 fully saturated rings. The molecule has 0 saturated heterocycles. The molecule has 1 heterocycles. The molecule has 7 nitrogen and oxygen atoms in total. The number of rotatable bonds is 4. The summed E-state index contributed by atoms with van der Waals surface area (Å²) in [6.07, 6.45) is 0.0527. The summed E-state index contributed by atoms with van der Waals surface area (Å²) >= 11 is 0. The fraction of sp³-hybridized carbons (Fsp3) is 0.545. The third-order valence-electron chi connectivity index (χ3n) is 2.41. The SMILES string of the molecule is Cc1c(O)n(CCC(=O)NC(C)C)c(=O)[nH]c1=O. The molecule has 1 rings (SSSR count). The normalized spacial score (nSPS) is 10.7. The van der Waals surface area contributed by atoms with Crippen molar-refractivity contribution in [2.24, 2.45) is 0 Å². The Balaban J connectivity index is 2.87. The van der Waals surface area contributed by atoms with E-state index in [1.807, 2.05) is 13.8 Å². The Kier molecular flexibility index (Phi) is 4.30. The minimum atomic E-state index is -0.722. The summed E-state index contributed by atoms with van der Waals surface area (Å²) in [6, 6.07) is 0.0140. The molecule has 1 amide bonds. The molecule has 3 N–H and O–H groups in total. The Morgan fingerprint density at radius 3 is 2.61 bits per heavy atom. The number of aromatic amines is 1. The van der Waals surface area contributed by atoms with Crippen LogP contribution in [0.1, 0.15) is 25.8 Å². The standard InChI is InChI=1S/C11H17N3O4/c1-6(2)12-8(15)4-5-14-10(17)7(3)9(16)13-11(14)18/h6,17H,4-5H2,1-3H3,(H,12,15)(H,13,16,18). The van der Waals surface area contributed by atoms with E-state index in [1.165, 1.54) is 6.92 Å². The lowest BCUT2D eigenvalue weighted by Gasteiger charge is -2.11. The summed E-state index contributed by atoms with van der Waals surface area (Å²) < 4.78 is 0.969. The molecular formula is C11H17N3O4. The van der Waals surface area contributed by atoms with Crippen LogP contribution in [-0.4, -0.2) is 26.6 Å². The Morgan fingerprint density at radius 1 is 1.44 bits per heavy atom. The molecule has 0 spiro atoms. The first-order chi connectivity index (χ1) is 8.32. The summed E-state index contributed by atoms with van der Waals surface area (Å²) in [7, 11) is 0. The molecule has 0 atom stereocenters. The van der Waals surface area contributed by atoms with Crippen LogP contribution in [0.25, 0.3) is 0 Å². The van der Waals surface area contributed by atoms with E-state index in [4.69, 9.17) is 0 Å². The van der Waals surface area contributed by atoms with Gasteiger partial charge in [0.1, 0.15) is 0 Å². The Morgan fingerprint density at radius 2 is 2.06 bits per heavy atom. The van der Waals surface area contributed by atoms with E-state index in [1.54, 1.807) is 0 Å². The number of nitrogens with zero attached hydrogens (tertiary/aromatic N) is 1. The molecule has 1 aromatic heterocycles. The number of carbonyl (C=O) groups excluding carboxylic acids is 1. The van der Waals surface area contributed by atoms with Gasteiger partial charge in [-0.3, -0.25) is 19.1 Å². The Labute approximate surface area is 103 Å². The Bertz CT molecular complexity index is 556. The number of aromatic hydroxyl groups is 1. The van der Waals surface area contributed by atoms with Crippen molar-refractivity contribution in [3.05, 3.63) is 26.4 Å². The van der Waals surface area contributed by atoms with Crippen molar-refractivity contribution in [2.75, 3.05) is 0 Å². The fourth-order valence-electron chi connectivity index (χ4n) is 1.47. The maximum Gasteiger partial charge on any atom is 0.331 e. The predicted molar refractivity (Wildman–Crippen MR) is 65.6 cm³/mol. The zero-order valence-electron chi connectivity index (χ0n) is 10.6. The maximum atomic E-state index is 11.5. The lowest BCUT2D eigenvalue weighted by atomic mass is 10.3. The molecule has 1 aromatic rings. The van der Waals surface area contributed by atoms with Gasteiger partial charge in [0.25, 0.3) is 5.56 Å². The molecule has 0 aliphatic heterocycles. The summed E-state index contributed by atoms with van der Waals surface area (Å²) in [6.45, 7) is 5.07. The van der Waals surface area contributed by atoms with E-state index in [0.29, 0.717) is 0 Å². The number of aromatic nitrogens is 2. The molecule has 0 aromatic carbocycles. The van der Waals surface area contributed by atoms with Crippen LogP contribution >= 0.6 is 0 Å². The van der Waals surface area contributed by atoms with E-state index in [2.05, 4.69) is 10.3 Å². The average Bonchev–Trinajstić information content (AvgIpc) is 2.25. The van der Waals surface area contributed by atoms with Crippen molar-refractivity contribution in [1.29, 1.82) is 0 Å². The van der Waals surface area contributed by atoms with Gasteiger partial charge in [-0.2, -0.15) is 0 Å². The summed E-state index contributed by atoms with van der Waals surface area (Å²) in [5.41, 5.74) is -1.29. The highest BCUT2D eigenvalue weighted by Crippen LogP contribution is 2.08. The molecule has 0 aliphatic rings. The van der Waals surface area contributed by atoms with E-state index < -0.39 is 17.1 Å². The van der Waals surface area contributed by atoms with Gasteiger partial charge in [0, 0.05) is 19.0 Å². The van der Waals surface area contributed by atoms with Gasteiger partial charge in [0.15, 0.2) is 0 Å². The second-order valence-corrected chi connectivity index (χ2v) is 4.33. The highest BCUT2D eigenvalue weighted by molar-refractivity contribution is 5.76. The minimum absolute atomic E-state index is 0.0140. The third-order valence-corrected chi connectivity index (χ3v) is 2.41. The number of nitrogens with one attached hydrogen (secondary N) is 2. The molecule has 0 bridgehead atoms. The number of hydrogen-bond acceptors (Lipinski definition) is 4. The zero-order valence-corrected chi connectivity index (χ0v) is 10.6. The zero-order chi connectivity index (χ0) is 13.9. The van der Waals surface area contributed by atoms with Gasteiger partial charge in [-0.1, -0.05) is 0 Å². The van der Waals surface area contributed by atoms with Crippen LogP contribution in [0.4, 0.5) is 0 Å². The predicted octanol–water partition coefficient (Wildman–Crippen LogP) is -0.535. The molecule has 0 aliphatic carbocycles. The van der Waals surface area contributed by atoms with Crippen LogP contribution in [0, 0.1) is 6.92 Å². The van der Waals surface area contributed by atoms with E-state index in [-0.39, 0.29) is 30.5 Å². The van der Waals surface area contributed by atoms with E-state index in [9.17, 15) is 19.5 Å². The van der Waals surface area contributed by atoms with Crippen LogP contribution in [0.2, 0.25) is 0 Å². The topological polar surface area (TPSA) is 104 Å². The van der Waals surface area contributed by atoms with Gasteiger partial charge >= 0.3 is 5.69 Å². The second-order valence-electron chi connectivity index (χ2n) is 4.33. The lowest BCUT2D eigenvalue weighted by Crippen LogP contribution is -2.34. The first kappa shape index (κ1) is 14.0. The summed E-state index contributed by atoms with van der Waals surface area (Å²) in [5.74, 6) is -0.624. The van der Waals surface area contributed by atoms with Crippen molar-refractivity contribution >= 4 is 5.91 Å². The molecule has 0 radical (unpaired) electrons. The molecule has 0 saturated carbocycles. The fourth-order valence-corrected chi connectivity index (χ4v) is 1.47. The van der Waals surface area contributed by atoms with E-state index in [0.717, 1.165) is 4.57 Å². The number of H-pyrrole nitrogens is 1. The Hall–Kier alpha value is -2.05. The first-order valence-corrected chi connectivity index (χ1v) is 5.65. The second kappa shape index (κ2) is 5.52. The van der Waals surface area contributed by atoms with Gasteiger partial charge in [0.05, 0.1) is 5.56 Å². The van der Waals surface area contributed by atoms with Crippen molar-refractivity contribution in [3.63, 3.8) is 0 Å². The third kappa shape index (κ3) is 3.22. The maximum absolute atomic E-state index is 11.5. The van der Waals surface area contributed by atoms with Crippen LogP contribution in [0.3, 0.4) is 0 Å². The molecule has 0 unspecified atom stereocenters. The minimum Gasteiger partial charge on any atom is -0.494 e. The van der Waals surface area contributed by atoms with Crippen LogP contribution in [-0.2, 0) is 11.3 Å². The van der Waals surface area contributed by atoms with Crippen molar-refractivity contribution in [1.82, 2.24) is 14.9 Å². The monoisotopic (exact) mass is 255 g/mol. The van der Waals surface area contributed by atoms with Crippen LogP contribution in [0.5, 0.6) is 5.88 Å². The van der Waals surface area contributed by atoms with Gasteiger partial charge < -0.3 is 10.4 Å². The summed E-state index contributed by atoms with van der Waals surface area (Å²) in [5, 5.41) is 12.3. The smallest absolute Gasteiger partial charge is 0.331 e. The number of amides is 1. The van der Waals surface area contributed by atoms with Crippen molar-refractivity contribution in [3.8, 4) is 5.88 Å². The first-order valence-electron chi connectivity index (χ1n) is 5.65. The number of carbonyl (C=O) groups is 1. The van der Waals surface area contributed by atoms with Crippen molar-refractivity contribution in [2.45, 2.75) is 39.8 Å². The largest absolute Gasteiger partial charge is 0.494 e. The number of hydrogen-bond donors (Lipinski definition) is 3. The van der Waals surface area contributed by atoms with Gasteiger partial charge in [0.2, 0.25) is 11.8 Å². The van der Waals surface area contributed by atoms with Crippen molar-refractivity contribution < 1.29 is 9.90 Å². The molecule has 7 heteroatoms. The van der Waals surface area contributed by atoms with E-state index >= 15 is 0 Å². The van der Waals surface area contributed by atoms with Gasteiger partial charge in [-0.05, 0) is 20.8 Å². The summed E-state index contributed by atoms with van der Waals surface area (Å²) in [4.78, 5) is 36.1. The molecule has 100 valence electrons. The highest BCUT2D eigenvalue weighted by Gasteiger charge is 2.11. The van der Waals surface area contributed by atoms with Gasteiger partial charge in [-0.25, -0.2) is 4.79 Å². The lowest BCUT2D eigenvalue weighted by molar-refractivity contribution is -0.121. The van der Waals surface area contributed by atoms with Crippen LogP contribution < -0.4 is 16.6 Å². The highest BCUT2D eigenvalue weighted by atomic mass is 16.3. The quantitative estimate of drug-likeness (QED) is 0.672. The van der Waals surface area contributed by atoms with Gasteiger partial charge in [-0.15, -0.1) is 0 Å². The average molecular weight is 255 g/mol. The van der Waals surface area contributed by atoms with Crippen LogP contribution in [0.15, 0.2) is 9.59 Å². The molecule has 18 heavy (non-hydrogen) atoms. The molecular weight excluding hydrogens is 238 g/mol.